The molecule has 0 heterocycles. The molecule has 1 aliphatic rings. The molecule has 1 nitrogen and oxygen atoms in total. The minimum Gasteiger partial charge on any atom is -0.306 e. The average molecular weight is 211 g/mol. The highest BCUT2D eigenvalue weighted by Gasteiger charge is 2.41. The van der Waals surface area contributed by atoms with Crippen LogP contribution < -0.4 is 0 Å². The highest BCUT2D eigenvalue weighted by Crippen LogP contribution is 2.46. The maximum Gasteiger partial charge on any atom is 0.0145 e. The maximum absolute atomic E-state index is 2.44. The van der Waals surface area contributed by atoms with E-state index in [4.69, 9.17) is 0 Å². The molecule has 0 radical (unpaired) electrons. The first-order valence-electron chi connectivity index (χ1n) is 6.33. The van der Waals surface area contributed by atoms with Crippen LogP contribution in [0.2, 0.25) is 0 Å². The molecule has 2 atom stereocenters. The van der Waals surface area contributed by atoms with Gasteiger partial charge in [0.25, 0.3) is 0 Å². The van der Waals surface area contributed by atoms with Crippen molar-refractivity contribution in [1.82, 2.24) is 4.90 Å². The Hall–Kier alpha value is -0.0400. The number of rotatable bonds is 1. The summed E-state index contributed by atoms with van der Waals surface area (Å²) in [6.45, 7) is 12.2. The summed E-state index contributed by atoms with van der Waals surface area (Å²) < 4.78 is 0. The molecule has 1 saturated carbocycles. The fourth-order valence-electron chi connectivity index (χ4n) is 3.00. The molecule has 1 aliphatic carbocycles. The zero-order chi connectivity index (χ0) is 11.9. The summed E-state index contributed by atoms with van der Waals surface area (Å²) in [5, 5.41) is 0. The van der Waals surface area contributed by atoms with E-state index in [1.807, 2.05) is 0 Å². The Morgan fingerprint density at radius 2 is 1.53 bits per heavy atom. The number of hydrogen-bond donors (Lipinski definition) is 0. The van der Waals surface area contributed by atoms with Crippen LogP contribution >= 0.6 is 0 Å². The van der Waals surface area contributed by atoms with Gasteiger partial charge in [0.05, 0.1) is 0 Å². The van der Waals surface area contributed by atoms with Crippen LogP contribution in [0.25, 0.3) is 0 Å². The monoisotopic (exact) mass is 211 g/mol. The van der Waals surface area contributed by atoms with Gasteiger partial charge in [-0.1, -0.05) is 34.6 Å². The lowest BCUT2D eigenvalue weighted by Gasteiger charge is -2.40. The normalized spacial score (nSPS) is 35.2. The van der Waals surface area contributed by atoms with Gasteiger partial charge < -0.3 is 4.90 Å². The zero-order valence-electron chi connectivity index (χ0n) is 11.7. The van der Waals surface area contributed by atoms with E-state index in [-0.39, 0.29) is 0 Å². The molecule has 0 aromatic carbocycles. The molecule has 0 amide bonds. The second-order valence-corrected chi connectivity index (χ2v) is 7.10. The van der Waals surface area contributed by atoms with E-state index in [0.29, 0.717) is 10.8 Å². The lowest BCUT2D eigenvalue weighted by Crippen LogP contribution is -2.42. The van der Waals surface area contributed by atoms with Crippen LogP contribution in [0.15, 0.2) is 0 Å². The average Bonchev–Trinajstić information content (AvgIpc) is 2.15. The van der Waals surface area contributed by atoms with Crippen LogP contribution in [-0.4, -0.2) is 25.0 Å². The Morgan fingerprint density at radius 1 is 1.00 bits per heavy atom. The molecule has 0 saturated heterocycles. The van der Waals surface area contributed by atoms with E-state index in [2.05, 4.69) is 53.6 Å². The predicted molar refractivity (Wildman–Crippen MR) is 68.1 cm³/mol. The molecule has 2 unspecified atom stereocenters. The van der Waals surface area contributed by atoms with Crippen LogP contribution in [-0.2, 0) is 0 Å². The van der Waals surface area contributed by atoms with Gasteiger partial charge in [0, 0.05) is 6.04 Å². The van der Waals surface area contributed by atoms with Gasteiger partial charge in [0.2, 0.25) is 0 Å². The minimum atomic E-state index is 0.464. The van der Waals surface area contributed by atoms with E-state index >= 15 is 0 Å². The quantitative estimate of drug-likeness (QED) is 0.597. The Morgan fingerprint density at radius 3 is 2.00 bits per heavy atom. The van der Waals surface area contributed by atoms with Crippen LogP contribution in [0.3, 0.4) is 0 Å². The van der Waals surface area contributed by atoms with Gasteiger partial charge in [-0.25, -0.2) is 0 Å². The van der Waals surface area contributed by atoms with Crippen molar-refractivity contribution in [1.29, 1.82) is 0 Å². The summed E-state index contributed by atoms with van der Waals surface area (Å²) in [6, 6.07) is 0.720. The van der Waals surface area contributed by atoms with Gasteiger partial charge in [0.15, 0.2) is 0 Å². The molecule has 15 heavy (non-hydrogen) atoms. The molecule has 0 N–H and O–H groups in total. The van der Waals surface area contributed by atoms with Gasteiger partial charge in [-0.05, 0) is 50.1 Å². The molecule has 1 rings (SSSR count). The van der Waals surface area contributed by atoms with Crippen molar-refractivity contribution in [3.05, 3.63) is 0 Å². The van der Waals surface area contributed by atoms with E-state index in [9.17, 15) is 0 Å². The lowest BCUT2D eigenvalue weighted by atomic mass is 9.74. The highest BCUT2D eigenvalue weighted by atomic mass is 15.1. The standard InChI is InChI=1S/C14H29N/c1-11-8-9-13(2,3)12(15(6)7)10-14(11,4)5/h11-12H,8-10H2,1-7H3. The van der Waals surface area contributed by atoms with E-state index in [1.54, 1.807) is 0 Å². The van der Waals surface area contributed by atoms with Crippen molar-refractivity contribution >= 4 is 0 Å². The van der Waals surface area contributed by atoms with Gasteiger partial charge in [-0.15, -0.1) is 0 Å². The van der Waals surface area contributed by atoms with Crippen molar-refractivity contribution in [3.8, 4) is 0 Å². The smallest absolute Gasteiger partial charge is 0.0145 e. The summed E-state index contributed by atoms with van der Waals surface area (Å²) in [7, 11) is 4.47. The maximum atomic E-state index is 2.44. The molecule has 1 heteroatoms. The van der Waals surface area contributed by atoms with Crippen LogP contribution in [0, 0.1) is 16.7 Å². The van der Waals surface area contributed by atoms with Crippen LogP contribution in [0.1, 0.15) is 53.9 Å². The van der Waals surface area contributed by atoms with Crippen molar-refractivity contribution in [3.63, 3.8) is 0 Å². The van der Waals surface area contributed by atoms with E-state index in [1.165, 1.54) is 19.3 Å². The molecular formula is C14H29N. The summed E-state index contributed by atoms with van der Waals surface area (Å²) >= 11 is 0. The van der Waals surface area contributed by atoms with Gasteiger partial charge in [-0.3, -0.25) is 0 Å². The number of hydrogen-bond acceptors (Lipinski definition) is 1. The van der Waals surface area contributed by atoms with E-state index in [0.717, 1.165) is 12.0 Å². The second kappa shape index (κ2) is 4.08. The van der Waals surface area contributed by atoms with E-state index < -0.39 is 0 Å². The SMILES string of the molecule is CC1CCC(C)(C)C(N(C)C)CC1(C)C. The summed E-state index contributed by atoms with van der Waals surface area (Å²) in [6.07, 6.45) is 4.07. The predicted octanol–water partition coefficient (Wildman–Crippen LogP) is 3.79. The van der Waals surface area contributed by atoms with Gasteiger partial charge in [0.1, 0.15) is 0 Å². The Labute approximate surface area is 96.2 Å². The highest BCUT2D eigenvalue weighted by molar-refractivity contribution is 4.94. The molecular weight excluding hydrogens is 182 g/mol. The molecule has 0 aromatic rings. The first-order chi connectivity index (χ1) is 6.67. The minimum absolute atomic E-state index is 0.464. The molecule has 1 fully saturated rings. The van der Waals surface area contributed by atoms with Crippen molar-refractivity contribution in [2.75, 3.05) is 14.1 Å². The Balaban J connectivity index is 2.93. The Bertz CT molecular complexity index is 215. The van der Waals surface area contributed by atoms with Crippen LogP contribution in [0.4, 0.5) is 0 Å². The lowest BCUT2D eigenvalue weighted by molar-refractivity contribution is 0.0953. The summed E-state index contributed by atoms with van der Waals surface area (Å²) in [4.78, 5) is 2.43. The summed E-state index contributed by atoms with van der Waals surface area (Å²) in [5.74, 6) is 0.849. The van der Waals surface area contributed by atoms with Crippen LogP contribution in [0.5, 0.6) is 0 Å². The second-order valence-electron chi connectivity index (χ2n) is 7.10. The fraction of sp³-hybridized carbons (Fsp3) is 1.00. The third kappa shape index (κ3) is 2.75. The molecule has 0 bridgehead atoms. The molecule has 0 aliphatic heterocycles. The summed E-state index contributed by atoms with van der Waals surface area (Å²) in [5.41, 5.74) is 0.953. The largest absolute Gasteiger partial charge is 0.306 e. The molecule has 0 aromatic heterocycles. The first-order valence-corrected chi connectivity index (χ1v) is 6.33. The third-order valence-electron chi connectivity index (χ3n) is 4.80. The van der Waals surface area contributed by atoms with Gasteiger partial charge >= 0.3 is 0 Å². The fourth-order valence-corrected chi connectivity index (χ4v) is 3.00. The van der Waals surface area contributed by atoms with Crippen molar-refractivity contribution in [2.24, 2.45) is 16.7 Å². The molecule has 90 valence electrons. The van der Waals surface area contributed by atoms with Crippen molar-refractivity contribution in [2.45, 2.75) is 59.9 Å². The molecule has 0 spiro atoms. The topological polar surface area (TPSA) is 3.24 Å². The van der Waals surface area contributed by atoms with Crippen molar-refractivity contribution < 1.29 is 0 Å². The Kier molecular flexibility index (Phi) is 3.55. The number of nitrogens with zero attached hydrogens (tertiary/aromatic N) is 1. The third-order valence-corrected chi connectivity index (χ3v) is 4.80. The van der Waals surface area contributed by atoms with Gasteiger partial charge in [-0.2, -0.15) is 0 Å². The zero-order valence-corrected chi connectivity index (χ0v) is 11.7. The first kappa shape index (κ1) is 13.0.